The van der Waals surface area contributed by atoms with Gasteiger partial charge in [0.1, 0.15) is 0 Å². The van der Waals surface area contributed by atoms with Gasteiger partial charge >= 0.3 is 0 Å². The van der Waals surface area contributed by atoms with Gasteiger partial charge in [0.25, 0.3) is 0 Å². The Hall–Kier alpha value is -1.80. The van der Waals surface area contributed by atoms with Crippen LogP contribution < -0.4 is 5.32 Å². The second-order valence-electron chi connectivity index (χ2n) is 3.65. The molecule has 0 saturated heterocycles. The molecule has 2 aromatic carbocycles. The summed E-state index contributed by atoms with van der Waals surface area (Å²) in [6.45, 7) is 0.283. The number of benzene rings is 2. The third-order valence-corrected chi connectivity index (χ3v) is 2.65. The fraction of sp³-hybridized carbons (Fsp3) is 0.0714. The summed E-state index contributed by atoms with van der Waals surface area (Å²) in [5, 5.41) is 3.75. The predicted octanol–water partition coefficient (Wildman–Crippen LogP) is 3.63. The number of Topliss-reactive ketones (excluding diaryl/α,β-unsaturated/α-hetero) is 1. The Labute approximate surface area is 105 Å². The first-order valence-electron chi connectivity index (χ1n) is 5.33. The second kappa shape index (κ2) is 5.51. The van der Waals surface area contributed by atoms with Crippen LogP contribution in [0.2, 0.25) is 5.02 Å². The molecule has 0 heterocycles. The maximum Gasteiger partial charge on any atom is 0.181 e. The number of rotatable bonds is 4. The molecular formula is C14H12ClNO. The highest BCUT2D eigenvalue weighted by Gasteiger charge is 2.03. The van der Waals surface area contributed by atoms with E-state index in [-0.39, 0.29) is 12.3 Å². The smallest absolute Gasteiger partial charge is 0.181 e. The molecule has 0 bridgehead atoms. The largest absolute Gasteiger partial charge is 0.378 e. The molecule has 86 valence electrons. The zero-order chi connectivity index (χ0) is 12.1. The molecule has 3 heteroatoms. The van der Waals surface area contributed by atoms with Crippen LogP contribution in [0.5, 0.6) is 0 Å². The first-order chi connectivity index (χ1) is 8.25. The number of hydrogen-bond donors (Lipinski definition) is 1. The minimum Gasteiger partial charge on any atom is -0.378 e. The van der Waals surface area contributed by atoms with E-state index in [2.05, 4.69) is 5.32 Å². The van der Waals surface area contributed by atoms with Crippen LogP contribution in [0.1, 0.15) is 10.4 Å². The summed E-state index contributed by atoms with van der Waals surface area (Å²) in [6.07, 6.45) is 0. The van der Waals surface area contributed by atoms with Crippen molar-refractivity contribution >= 4 is 23.1 Å². The van der Waals surface area contributed by atoms with Gasteiger partial charge in [-0.05, 0) is 24.3 Å². The zero-order valence-corrected chi connectivity index (χ0v) is 9.95. The number of carbonyl (C=O) groups is 1. The van der Waals surface area contributed by atoms with Crippen LogP contribution in [0.4, 0.5) is 5.69 Å². The van der Waals surface area contributed by atoms with Gasteiger partial charge in [-0.1, -0.05) is 41.9 Å². The molecule has 0 unspecified atom stereocenters. The fourth-order valence-electron chi connectivity index (χ4n) is 1.48. The van der Waals surface area contributed by atoms with E-state index in [1.807, 2.05) is 42.5 Å². The lowest BCUT2D eigenvalue weighted by Crippen LogP contribution is -2.13. The Morgan fingerprint density at radius 1 is 1.00 bits per heavy atom. The van der Waals surface area contributed by atoms with E-state index < -0.39 is 0 Å². The van der Waals surface area contributed by atoms with Gasteiger partial charge in [0.15, 0.2) is 5.78 Å². The molecule has 0 atom stereocenters. The average molecular weight is 246 g/mol. The molecular weight excluding hydrogens is 234 g/mol. The maximum atomic E-state index is 11.8. The van der Waals surface area contributed by atoms with Gasteiger partial charge in [0.2, 0.25) is 0 Å². The summed E-state index contributed by atoms with van der Waals surface area (Å²) in [4.78, 5) is 11.8. The summed E-state index contributed by atoms with van der Waals surface area (Å²) in [5.41, 5.74) is 1.60. The van der Waals surface area contributed by atoms with Crippen molar-refractivity contribution in [2.75, 3.05) is 11.9 Å². The molecule has 0 aromatic heterocycles. The van der Waals surface area contributed by atoms with E-state index in [1.165, 1.54) is 0 Å². The first-order valence-corrected chi connectivity index (χ1v) is 5.71. The molecule has 0 aliphatic carbocycles. The van der Waals surface area contributed by atoms with Crippen LogP contribution in [-0.2, 0) is 0 Å². The van der Waals surface area contributed by atoms with Crippen LogP contribution in [0.3, 0.4) is 0 Å². The summed E-state index contributed by atoms with van der Waals surface area (Å²) in [5.74, 6) is 0.0700. The van der Waals surface area contributed by atoms with Gasteiger partial charge in [-0.15, -0.1) is 0 Å². The van der Waals surface area contributed by atoms with E-state index in [1.54, 1.807) is 12.1 Å². The second-order valence-corrected chi connectivity index (χ2v) is 4.09. The summed E-state index contributed by atoms with van der Waals surface area (Å²) in [7, 11) is 0. The number of halogens is 1. The predicted molar refractivity (Wildman–Crippen MR) is 70.7 cm³/mol. The average Bonchev–Trinajstić information content (AvgIpc) is 2.39. The van der Waals surface area contributed by atoms with Gasteiger partial charge in [0.05, 0.1) is 6.54 Å². The van der Waals surface area contributed by atoms with Crippen molar-refractivity contribution in [2.45, 2.75) is 0 Å². The summed E-state index contributed by atoms with van der Waals surface area (Å²) < 4.78 is 0. The maximum absolute atomic E-state index is 11.8. The Kier molecular flexibility index (Phi) is 3.78. The third kappa shape index (κ3) is 3.33. The van der Waals surface area contributed by atoms with E-state index in [0.717, 1.165) is 5.69 Å². The molecule has 0 fully saturated rings. The molecule has 2 aromatic rings. The van der Waals surface area contributed by atoms with Gasteiger partial charge in [-0.25, -0.2) is 0 Å². The molecule has 2 rings (SSSR count). The Morgan fingerprint density at radius 2 is 1.65 bits per heavy atom. The molecule has 0 spiro atoms. The highest BCUT2D eigenvalue weighted by molar-refractivity contribution is 6.30. The first kappa shape index (κ1) is 11.7. The van der Waals surface area contributed by atoms with Crippen LogP contribution >= 0.6 is 11.6 Å². The fourth-order valence-corrected chi connectivity index (χ4v) is 1.60. The SMILES string of the molecule is O=C(CNc1ccc(Cl)cc1)c1ccccc1. The van der Waals surface area contributed by atoms with Crippen molar-refractivity contribution in [1.29, 1.82) is 0 Å². The Morgan fingerprint density at radius 3 is 2.29 bits per heavy atom. The zero-order valence-electron chi connectivity index (χ0n) is 9.19. The highest BCUT2D eigenvalue weighted by Crippen LogP contribution is 2.13. The van der Waals surface area contributed by atoms with E-state index in [0.29, 0.717) is 10.6 Å². The normalized spacial score (nSPS) is 9.94. The Balaban J connectivity index is 1.95. The van der Waals surface area contributed by atoms with Crippen LogP contribution in [0.15, 0.2) is 54.6 Å². The molecule has 0 radical (unpaired) electrons. The number of anilines is 1. The van der Waals surface area contributed by atoms with Crippen molar-refractivity contribution in [3.05, 3.63) is 65.2 Å². The van der Waals surface area contributed by atoms with Gasteiger partial charge in [0, 0.05) is 16.3 Å². The van der Waals surface area contributed by atoms with Crippen molar-refractivity contribution in [3.8, 4) is 0 Å². The van der Waals surface area contributed by atoms with Crippen molar-refractivity contribution in [3.63, 3.8) is 0 Å². The molecule has 0 saturated carbocycles. The lowest BCUT2D eigenvalue weighted by Gasteiger charge is -2.05. The number of nitrogens with one attached hydrogen (secondary N) is 1. The van der Waals surface area contributed by atoms with E-state index >= 15 is 0 Å². The van der Waals surface area contributed by atoms with Gasteiger partial charge in [-0.2, -0.15) is 0 Å². The topological polar surface area (TPSA) is 29.1 Å². The highest BCUT2D eigenvalue weighted by atomic mass is 35.5. The molecule has 17 heavy (non-hydrogen) atoms. The lowest BCUT2D eigenvalue weighted by molar-refractivity contribution is 0.101. The Bertz CT molecular complexity index is 493. The third-order valence-electron chi connectivity index (χ3n) is 2.39. The number of ketones is 1. The van der Waals surface area contributed by atoms with Crippen LogP contribution in [0, 0.1) is 0 Å². The standard InChI is InChI=1S/C14H12ClNO/c15-12-6-8-13(9-7-12)16-10-14(17)11-4-2-1-3-5-11/h1-9,16H,10H2. The monoisotopic (exact) mass is 245 g/mol. The lowest BCUT2D eigenvalue weighted by atomic mass is 10.1. The van der Waals surface area contributed by atoms with E-state index in [4.69, 9.17) is 11.6 Å². The van der Waals surface area contributed by atoms with Gasteiger partial charge in [-0.3, -0.25) is 4.79 Å². The van der Waals surface area contributed by atoms with Crippen molar-refractivity contribution < 1.29 is 4.79 Å². The molecule has 1 N–H and O–H groups in total. The molecule has 0 aliphatic rings. The van der Waals surface area contributed by atoms with E-state index in [9.17, 15) is 4.79 Å². The van der Waals surface area contributed by atoms with Crippen LogP contribution in [0.25, 0.3) is 0 Å². The summed E-state index contributed by atoms with van der Waals surface area (Å²) >= 11 is 5.78. The van der Waals surface area contributed by atoms with Crippen molar-refractivity contribution in [2.24, 2.45) is 0 Å². The minimum absolute atomic E-state index is 0.0700. The quantitative estimate of drug-likeness (QED) is 0.834. The molecule has 0 amide bonds. The number of hydrogen-bond acceptors (Lipinski definition) is 2. The van der Waals surface area contributed by atoms with Crippen molar-refractivity contribution in [1.82, 2.24) is 0 Å². The summed E-state index contributed by atoms with van der Waals surface area (Å²) in [6, 6.07) is 16.5. The van der Waals surface area contributed by atoms with Crippen LogP contribution in [-0.4, -0.2) is 12.3 Å². The minimum atomic E-state index is 0.0700. The van der Waals surface area contributed by atoms with Gasteiger partial charge < -0.3 is 5.32 Å². The number of carbonyl (C=O) groups excluding carboxylic acids is 1. The molecule has 2 nitrogen and oxygen atoms in total. The molecule has 0 aliphatic heterocycles.